The van der Waals surface area contributed by atoms with Crippen molar-refractivity contribution in [3.63, 3.8) is 0 Å². The number of anilines is 3. The second-order valence-corrected chi connectivity index (χ2v) is 16.4. The molecule has 0 atom stereocenters. The van der Waals surface area contributed by atoms with Gasteiger partial charge in [-0.25, -0.2) is 0 Å². The molecule has 0 aliphatic heterocycles. The molecule has 300 valence electrons. The highest BCUT2D eigenvalue weighted by Crippen LogP contribution is 2.43. The molecule has 1 heterocycles. The minimum Gasteiger partial charge on any atom is -0.456 e. The topological polar surface area (TPSA) is 16.4 Å². The Morgan fingerprint density at radius 3 is 1.53 bits per heavy atom. The molecule has 0 saturated carbocycles. The summed E-state index contributed by atoms with van der Waals surface area (Å²) in [5.74, 6) is 0. The van der Waals surface area contributed by atoms with Crippen molar-refractivity contribution in [1.29, 1.82) is 0 Å². The summed E-state index contributed by atoms with van der Waals surface area (Å²) in [4.78, 5) is 2.39. The quantitative estimate of drug-likeness (QED) is 0.142. The average molecular weight is 816 g/mol. The first kappa shape index (κ1) is 37.3. The maximum atomic E-state index is 6.21. The maximum absolute atomic E-state index is 6.21. The summed E-state index contributed by atoms with van der Waals surface area (Å²) in [6, 6.07) is 89.8. The molecule has 2 nitrogen and oxygen atoms in total. The first-order valence-corrected chi connectivity index (χ1v) is 21.9. The van der Waals surface area contributed by atoms with Gasteiger partial charge in [0.2, 0.25) is 0 Å². The van der Waals surface area contributed by atoms with Gasteiger partial charge >= 0.3 is 0 Å². The molecule has 0 N–H and O–H groups in total. The largest absolute Gasteiger partial charge is 0.456 e. The van der Waals surface area contributed by atoms with Crippen LogP contribution in [0.5, 0.6) is 0 Å². The van der Waals surface area contributed by atoms with E-state index in [0.29, 0.717) is 0 Å². The van der Waals surface area contributed by atoms with Crippen LogP contribution < -0.4 is 4.90 Å². The van der Waals surface area contributed by atoms with Crippen LogP contribution in [0.15, 0.2) is 253 Å². The van der Waals surface area contributed by atoms with Crippen LogP contribution in [-0.2, 0) is 0 Å². The van der Waals surface area contributed by atoms with Gasteiger partial charge in [-0.3, -0.25) is 0 Å². The Hall–Kier alpha value is -8.46. The minimum absolute atomic E-state index is 0.894. The number of furan rings is 1. The number of fused-ring (bicyclic) bond motifs is 6. The highest BCUT2D eigenvalue weighted by atomic mass is 16.3. The van der Waals surface area contributed by atoms with Gasteiger partial charge in [-0.05, 0) is 132 Å². The zero-order valence-electron chi connectivity index (χ0n) is 35.0. The lowest BCUT2D eigenvalue weighted by Gasteiger charge is -2.27. The second kappa shape index (κ2) is 15.8. The standard InChI is InChI=1S/C62H41NO/c1-2-15-42(16-3-1)51-23-6-8-25-55(51)56-26-9-7-24-54(56)47-19-13-21-50(40-47)63(49-20-12-18-45(39-49)46-34-38-62-60(41-46)59-27-10-11-30-61(59)64-62)48-35-31-44(32-36-48)53-28-14-29-57-52-22-5-4-17-43(52)33-37-58(53)57/h1-41H. The third kappa shape index (κ3) is 6.61. The summed E-state index contributed by atoms with van der Waals surface area (Å²) in [6.45, 7) is 0. The predicted octanol–water partition coefficient (Wildman–Crippen LogP) is 17.7. The molecule has 0 radical (unpaired) electrons. The van der Waals surface area contributed by atoms with Gasteiger partial charge in [-0.2, -0.15) is 0 Å². The molecular weight excluding hydrogens is 775 g/mol. The molecule has 0 unspecified atom stereocenters. The molecule has 0 spiro atoms. The van der Waals surface area contributed by atoms with E-state index in [1.54, 1.807) is 0 Å². The van der Waals surface area contributed by atoms with Gasteiger partial charge in [0.05, 0.1) is 0 Å². The molecule has 1 aromatic heterocycles. The first-order chi connectivity index (χ1) is 31.7. The fourth-order valence-electron chi connectivity index (χ4n) is 9.63. The molecule has 2 heteroatoms. The van der Waals surface area contributed by atoms with Crippen molar-refractivity contribution in [2.75, 3.05) is 4.90 Å². The Morgan fingerprint density at radius 2 is 0.750 bits per heavy atom. The Bertz CT molecular complexity index is 3670. The third-order valence-corrected chi connectivity index (χ3v) is 12.7. The van der Waals surface area contributed by atoms with E-state index in [4.69, 9.17) is 4.42 Å². The van der Waals surface area contributed by atoms with Crippen LogP contribution in [0.3, 0.4) is 0 Å². The number of nitrogens with zero attached hydrogens (tertiary/aromatic N) is 1. The van der Waals surface area contributed by atoms with Gasteiger partial charge in [-0.15, -0.1) is 0 Å². The lowest BCUT2D eigenvalue weighted by molar-refractivity contribution is 0.669. The van der Waals surface area contributed by atoms with Gasteiger partial charge in [0, 0.05) is 27.8 Å². The molecule has 11 aromatic carbocycles. The normalized spacial score (nSPS) is 11.4. The third-order valence-electron chi connectivity index (χ3n) is 12.7. The summed E-state index contributed by atoms with van der Waals surface area (Å²) in [7, 11) is 0. The number of para-hydroxylation sites is 1. The molecular formula is C62H41NO. The van der Waals surface area contributed by atoms with Crippen LogP contribution in [0.4, 0.5) is 17.1 Å². The predicted molar refractivity (Wildman–Crippen MR) is 271 cm³/mol. The summed E-state index contributed by atoms with van der Waals surface area (Å²) in [5, 5.41) is 7.29. The Labute approximate surface area is 372 Å². The van der Waals surface area contributed by atoms with Crippen molar-refractivity contribution in [3.8, 4) is 55.6 Å². The lowest BCUT2D eigenvalue weighted by atomic mass is 9.89. The number of benzene rings is 11. The van der Waals surface area contributed by atoms with E-state index in [9.17, 15) is 0 Å². The van der Waals surface area contributed by atoms with Crippen LogP contribution in [-0.4, -0.2) is 0 Å². The Morgan fingerprint density at radius 1 is 0.234 bits per heavy atom. The van der Waals surface area contributed by atoms with Crippen molar-refractivity contribution in [3.05, 3.63) is 249 Å². The summed E-state index contributed by atoms with van der Waals surface area (Å²) in [5.41, 5.74) is 16.8. The van der Waals surface area contributed by atoms with Crippen LogP contribution in [0.25, 0.3) is 99.1 Å². The van der Waals surface area contributed by atoms with E-state index in [1.807, 2.05) is 12.1 Å². The van der Waals surface area contributed by atoms with E-state index in [0.717, 1.165) is 55.7 Å². The first-order valence-electron chi connectivity index (χ1n) is 21.9. The Balaban J connectivity index is 0.993. The van der Waals surface area contributed by atoms with Crippen LogP contribution in [0.1, 0.15) is 0 Å². The zero-order valence-corrected chi connectivity index (χ0v) is 35.0. The molecule has 0 aliphatic carbocycles. The smallest absolute Gasteiger partial charge is 0.135 e. The molecule has 0 fully saturated rings. The molecule has 0 bridgehead atoms. The highest BCUT2D eigenvalue weighted by Gasteiger charge is 2.18. The molecule has 12 aromatic rings. The maximum Gasteiger partial charge on any atom is 0.135 e. The molecule has 0 aliphatic rings. The van der Waals surface area contributed by atoms with Crippen molar-refractivity contribution in [2.24, 2.45) is 0 Å². The zero-order chi connectivity index (χ0) is 42.4. The number of hydrogen-bond acceptors (Lipinski definition) is 2. The van der Waals surface area contributed by atoms with Gasteiger partial charge in [0.15, 0.2) is 0 Å². The fraction of sp³-hybridized carbons (Fsp3) is 0. The van der Waals surface area contributed by atoms with Crippen LogP contribution in [0.2, 0.25) is 0 Å². The Kier molecular flexibility index (Phi) is 9.20. The highest BCUT2D eigenvalue weighted by molar-refractivity contribution is 6.12. The molecule has 64 heavy (non-hydrogen) atoms. The fourth-order valence-corrected chi connectivity index (χ4v) is 9.63. The van der Waals surface area contributed by atoms with Crippen molar-refractivity contribution >= 4 is 60.5 Å². The van der Waals surface area contributed by atoms with E-state index >= 15 is 0 Å². The average Bonchev–Trinajstić information content (AvgIpc) is 3.75. The van der Waals surface area contributed by atoms with Crippen LogP contribution >= 0.6 is 0 Å². The van der Waals surface area contributed by atoms with Gasteiger partial charge in [0.25, 0.3) is 0 Å². The van der Waals surface area contributed by atoms with Crippen LogP contribution in [0, 0.1) is 0 Å². The van der Waals surface area contributed by atoms with Crippen molar-refractivity contribution in [2.45, 2.75) is 0 Å². The summed E-state index contributed by atoms with van der Waals surface area (Å²) >= 11 is 0. The van der Waals surface area contributed by atoms with E-state index in [1.165, 1.54) is 60.5 Å². The monoisotopic (exact) mass is 815 g/mol. The minimum atomic E-state index is 0.894. The molecule has 0 amide bonds. The summed E-state index contributed by atoms with van der Waals surface area (Å²) < 4.78 is 6.21. The molecule has 0 saturated heterocycles. The van der Waals surface area contributed by atoms with Crippen molar-refractivity contribution < 1.29 is 4.42 Å². The lowest BCUT2D eigenvalue weighted by Crippen LogP contribution is -2.10. The van der Waals surface area contributed by atoms with Crippen molar-refractivity contribution in [1.82, 2.24) is 0 Å². The van der Waals surface area contributed by atoms with E-state index in [-0.39, 0.29) is 0 Å². The van der Waals surface area contributed by atoms with Gasteiger partial charge < -0.3 is 9.32 Å². The van der Waals surface area contributed by atoms with E-state index in [2.05, 4.69) is 241 Å². The SMILES string of the molecule is c1ccc(-c2ccccc2-c2ccccc2-c2cccc(N(c3ccc(-c4cccc5c4ccc4ccccc45)cc3)c3cccc(-c4ccc5oc6ccccc6c5c4)c3)c2)cc1. The number of rotatable bonds is 8. The number of hydrogen-bond donors (Lipinski definition) is 0. The van der Waals surface area contributed by atoms with Gasteiger partial charge in [0.1, 0.15) is 11.2 Å². The summed E-state index contributed by atoms with van der Waals surface area (Å²) in [6.07, 6.45) is 0. The van der Waals surface area contributed by atoms with Gasteiger partial charge in [-0.1, -0.05) is 194 Å². The van der Waals surface area contributed by atoms with E-state index < -0.39 is 0 Å². The second-order valence-electron chi connectivity index (χ2n) is 16.4. The molecule has 12 rings (SSSR count).